The third-order valence-corrected chi connectivity index (χ3v) is 4.10. The summed E-state index contributed by atoms with van der Waals surface area (Å²) >= 11 is 0. The fourth-order valence-corrected chi connectivity index (χ4v) is 3.07. The Kier molecular flexibility index (Phi) is 3.23. The van der Waals surface area contributed by atoms with Crippen LogP contribution in [0.1, 0.15) is 29.6 Å². The number of carbonyl (C=O) groups excluding carboxylic acids is 2. The van der Waals surface area contributed by atoms with Gasteiger partial charge in [0.05, 0.1) is 12.2 Å². The van der Waals surface area contributed by atoms with Crippen LogP contribution in [0.5, 0.6) is 0 Å². The minimum atomic E-state index is -0.275. The van der Waals surface area contributed by atoms with Crippen LogP contribution < -0.4 is 0 Å². The zero-order valence-corrected chi connectivity index (χ0v) is 10.7. The Bertz CT molecular complexity index is 485. The van der Waals surface area contributed by atoms with Crippen molar-refractivity contribution in [3.63, 3.8) is 0 Å². The van der Waals surface area contributed by atoms with E-state index in [1.165, 1.54) is 0 Å². The quantitative estimate of drug-likeness (QED) is 0.778. The zero-order valence-electron chi connectivity index (χ0n) is 10.7. The molecule has 1 amide bonds. The molecule has 0 spiro atoms. The summed E-state index contributed by atoms with van der Waals surface area (Å²) in [6.45, 7) is 1.24. The normalized spacial score (nSPS) is 25.5. The van der Waals surface area contributed by atoms with E-state index in [9.17, 15) is 9.59 Å². The van der Waals surface area contributed by atoms with Crippen molar-refractivity contribution in [3.8, 4) is 0 Å². The first-order chi connectivity index (χ1) is 9.25. The maximum atomic E-state index is 11.9. The Labute approximate surface area is 112 Å². The van der Waals surface area contributed by atoms with Gasteiger partial charge in [-0.15, -0.1) is 0 Å². The number of rotatable bonds is 3. The Morgan fingerprint density at radius 3 is 2.84 bits per heavy atom. The summed E-state index contributed by atoms with van der Waals surface area (Å²) in [5, 5.41) is 0. The molecule has 100 valence electrons. The summed E-state index contributed by atoms with van der Waals surface area (Å²) in [6, 6.07) is 9.31. The lowest BCUT2D eigenvalue weighted by molar-refractivity contribution is -0.128. The molecular formula is C15H17NO3. The van der Waals surface area contributed by atoms with Crippen molar-refractivity contribution in [2.24, 2.45) is 5.92 Å². The number of amides is 1. The van der Waals surface area contributed by atoms with Gasteiger partial charge in [-0.05, 0) is 25.0 Å². The maximum absolute atomic E-state index is 11.9. The third kappa shape index (κ3) is 2.35. The van der Waals surface area contributed by atoms with Crippen molar-refractivity contribution in [1.29, 1.82) is 0 Å². The van der Waals surface area contributed by atoms with E-state index in [2.05, 4.69) is 0 Å². The van der Waals surface area contributed by atoms with Gasteiger partial charge in [0.2, 0.25) is 5.91 Å². The van der Waals surface area contributed by atoms with Crippen molar-refractivity contribution < 1.29 is 14.3 Å². The van der Waals surface area contributed by atoms with Gasteiger partial charge in [0, 0.05) is 24.9 Å². The standard InChI is InChI=1S/C15H17NO3/c17-14-7-6-13-12(8-9-16(13)14)10-19-15(18)11-4-2-1-3-5-11/h1-5,12-13H,6-10H2. The van der Waals surface area contributed by atoms with Gasteiger partial charge in [-0.3, -0.25) is 4.79 Å². The lowest BCUT2D eigenvalue weighted by atomic mass is 9.99. The Balaban J connectivity index is 1.56. The van der Waals surface area contributed by atoms with Gasteiger partial charge in [-0.1, -0.05) is 18.2 Å². The molecule has 19 heavy (non-hydrogen) atoms. The van der Waals surface area contributed by atoms with Gasteiger partial charge in [0.25, 0.3) is 0 Å². The van der Waals surface area contributed by atoms with E-state index in [0.29, 0.717) is 24.5 Å². The van der Waals surface area contributed by atoms with Crippen molar-refractivity contribution in [1.82, 2.24) is 4.90 Å². The maximum Gasteiger partial charge on any atom is 0.338 e. The number of hydrogen-bond donors (Lipinski definition) is 0. The van der Waals surface area contributed by atoms with E-state index >= 15 is 0 Å². The highest BCUT2D eigenvalue weighted by atomic mass is 16.5. The molecule has 0 aromatic heterocycles. The average molecular weight is 259 g/mol. The molecule has 2 atom stereocenters. The number of benzene rings is 1. The molecular weight excluding hydrogens is 242 g/mol. The predicted octanol–water partition coefficient (Wildman–Crippen LogP) is 1.85. The molecule has 0 bridgehead atoms. The average Bonchev–Trinajstić information content (AvgIpc) is 3.01. The largest absolute Gasteiger partial charge is 0.462 e. The topological polar surface area (TPSA) is 46.6 Å². The first kappa shape index (κ1) is 12.2. The molecule has 0 saturated carbocycles. The Morgan fingerprint density at radius 1 is 1.26 bits per heavy atom. The summed E-state index contributed by atoms with van der Waals surface area (Å²) in [5.41, 5.74) is 0.583. The molecule has 1 aromatic rings. The van der Waals surface area contributed by atoms with Crippen LogP contribution in [-0.2, 0) is 9.53 Å². The van der Waals surface area contributed by atoms with Gasteiger partial charge in [0.15, 0.2) is 0 Å². The zero-order chi connectivity index (χ0) is 13.2. The molecule has 2 fully saturated rings. The molecule has 2 aliphatic rings. The van der Waals surface area contributed by atoms with E-state index < -0.39 is 0 Å². The summed E-state index contributed by atoms with van der Waals surface area (Å²) in [7, 11) is 0. The number of hydrogen-bond acceptors (Lipinski definition) is 3. The number of carbonyl (C=O) groups is 2. The van der Waals surface area contributed by atoms with Crippen molar-refractivity contribution in [2.45, 2.75) is 25.3 Å². The molecule has 0 aliphatic carbocycles. The van der Waals surface area contributed by atoms with Crippen LogP contribution in [0, 0.1) is 5.92 Å². The number of esters is 1. The van der Waals surface area contributed by atoms with Crippen LogP contribution in [0.2, 0.25) is 0 Å². The molecule has 2 heterocycles. The van der Waals surface area contributed by atoms with Crippen LogP contribution in [0.25, 0.3) is 0 Å². The lowest BCUT2D eigenvalue weighted by Crippen LogP contribution is -2.31. The van der Waals surface area contributed by atoms with E-state index in [1.54, 1.807) is 12.1 Å². The molecule has 0 radical (unpaired) electrons. The van der Waals surface area contributed by atoms with E-state index in [1.807, 2.05) is 23.1 Å². The highest BCUT2D eigenvalue weighted by molar-refractivity contribution is 5.89. The van der Waals surface area contributed by atoms with Crippen molar-refractivity contribution >= 4 is 11.9 Å². The molecule has 4 nitrogen and oxygen atoms in total. The van der Waals surface area contributed by atoms with E-state index in [-0.39, 0.29) is 17.9 Å². The minimum Gasteiger partial charge on any atom is -0.462 e. The van der Waals surface area contributed by atoms with Gasteiger partial charge in [0.1, 0.15) is 0 Å². The SMILES string of the molecule is O=C(OCC1CCN2C(=O)CCC12)c1ccccc1. The van der Waals surface area contributed by atoms with Gasteiger partial charge >= 0.3 is 5.97 Å². The second-order valence-corrected chi connectivity index (χ2v) is 5.21. The smallest absolute Gasteiger partial charge is 0.338 e. The highest BCUT2D eigenvalue weighted by Gasteiger charge is 2.41. The Morgan fingerprint density at radius 2 is 2.05 bits per heavy atom. The predicted molar refractivity (Wildman–Crippen MR) is 69.6 cm³/mol. The molecule has 2 aliphatic heterocycles. The van der Waals surface area contributed by atoms with Crippen LogP contribution in [0.3, 0.4) is 0 Å². The number of fused-ring (bicyclic) bond motifs is 1. The summed E-state index contributed by atoms with van der Waals surface area (Å²) in [5.74, 6) is 0.282. The summed E-state index contributed by atoms with van der Waals surface area (Å²) in [6.07, 6.45) is 2.50. The first-order valence-electron chi connectivity index (χ1n) is 6.77. The number of ether oxygens (including phenoxy) is 1. The van der Waals surface area contributed by atoms with Gasteiger partial charge in [-0.25, -0.2) is 4.79 Å². The van der Waals surface area contributed by atoms with Crippen LogP contribution >= 0.6 is 0 Å². The molecule has 0 N–H and O–H groups in total. The minimum absolute atomic E-state index is 0.252. The molecule has 4 heteroatoms. The molecule has 1 aromatic carbocycles. The van der Waals surface area contributed by atoms with E-state index in [4.69, 9.17) is 4.74 Å². The van der Waals surface area contributed by atoms with E-state index in [0.717, 1.165) is 19.4 Å². The highest BCUT2D eigenvalue weighted by Crippen LogP contribution is 2.33. The first-order valence-corrected chi connectivity index (χ1v) is 6.77. The fraction of sp³-hybridized carbons (Fsp3) is 0.467. The van der Waals surface area contributed by atoms with Crippen LogP contribution in [0.15, 0.2) is 30.3 Å². The summed E-state index contributed by atoms with van der Waals surface area (Å²) in [4.78, 5) is 25.4. The molecule has 3 rings (SSSR count). The second kappa shape index (κ2) is 5.03. The van der Waals surface area contributed by atoms with Crippen LogP contribution in [-0.4, -0.2) is 36.0 Å². The van der Waals surface area contributed by atoms with Crippen molar-refractivity contribution in [3.05, 3.63) is 35.9 Å². The van der Waals surface area contributed by atoms with Crippen LogP contribution in [0.4, 0.5) is 0 Å². The monoisotopic (exact) mass is 259 g/mol. The molecule has 2 saturated heterocycles. The molecule has 2 unspecified atom stereocenters. The lowest BCUT2D eigenvalue weighted by Gasteiger charge is -2.20. The summed E-state index contributed by atoms with van der Waals surface area (Å²) < 4.78 is 5.38. The third-order valence-electron chi connectivity index (χ3n) is 4.10. The second-order valence-electron chi connectivity index (χ2n) is 5.21. The van der Waals surface area contributed by atoms with Gasteiger partial charge < -0.3 is 9.64 Å². The Hall–Kier alpha value is -1.84. The van der Waals surface area contributed by atoms with Gasteiger partial charge in [-0.2, -0.15) is 0 Å². The number of nitrogens with zero attached hydrogens (tertiary/aromatic N) is 1. The van der Waals surface area contributed by atoms with Crippen molar-refractivity contribution in [2.75, 3.05) is 13.2 Å². The fourth-order valence-electron chi connectivity index (χ4n) is 3.07.